The molecule has 2 rings (SSSR count). The van der Waals surface area contributed by atoms with Crippen LogP contribution in [-0.4, -0.2) is 23.1 Å². The van der Waals surface area contributed by atoms with Crippen LogP contribution in [0.2, 0.25) is 0 Å². The highest BCUT2D eigenvalue weighted by atomic mass is 16.5. The van der Waals surface area contributed by atoms with Gasteiger partial charge in [0.05, 0.1) is 6.10 Å². The van der Waals surface area contributed by atoms with Gasteiger partial charge in [-0.1, -0.05) is 18.2 Å². The highest BCUT2D eigenvalue weighted by molar-refractivity contribution is 5.93. The van der Waals surface area contributed by atoms with Crippen molar-refractivity contribution in [3.63, 3.8) is 0 Å². The molecule has 1 amide bonds. The van der Waals surface area contributed by atoms with Crippen LogP contribution in [0.25, 0.3) is 0 Å². The van der Waals surface area contributed by atoms with E-state index in [9.17, 15) is 9.59 Å². The molecule has 6 nitrogen and oxygen atoms in total. The van der Waals surface area contributed by atoms with Crippen molar-refractivity contribution in [3.8, 4) is 5.75 Å². The summed E-state index contributed by atoms with van der Waals surface area (Å²) < 4.78 is 10.6. The molecule has 1 aromatic carbocycles. The highest BCUT2D eigenvalue weighted by Crippen LogP contribution is 2.19. The van der Waals surface area contributed by atoms with E-state index in [-0.39, 0.29) is 24.2 Å². The fourth-order valence-corrected chi connectivity index (χ4v) is 1.86. The first kappa shape index (κ1) is 15.6. The molecule has 6 heteroatoms. The van der Waals surface area contributed by atoms with Gasteiger partial charge in [0, 0.05) is 12.1 Å². The number of nitrogens with one attached hydrogen (secondary N) is 1. The summed E-state index contributed by atoms with van der Waals surface area (Å²) in [4.78, 5) is 22.7. The molecule has 0 saturated carbocycles. The van der Waals surface area contributed by atoms with Gasteiger partial charge in [0.1, 0.15) is 5.75 Å². The molecule has 0 fully saturated rings. The zero-order valence-corrected chi connectivity index (χ0v) is 12.3. The Hall–Kier alpha value is -2.76. The first-order chi connectivity index (χ1) is 10.5. The summed E-state index contributed by atoms with van der Waals surface area (Å²) in [6, 6.07) is 9.96. The van der Waals surface area contributed by atoms with Crippen LogP contribution in [0.3, 0.4) is 0 Å². The molecule has 0 saturated heterocycles. The molecule has 116 valence electrons. The standard InChI is InChI=1S/C16H17NO5/c1-10(2)21-12-6-4-3-5-11(12)9-17-15(18)13-7-8-14(22-13)16(19)20/h3-8,10H,9H2,1-2H3,(H,17,18)(H,19,20). The second-order valence-corrected chi connectivity index (χ2v) is 4.93. The minimum atomic E-state index is -1.21. The molecule has 2 N–H and O–H groups in total. The van der Waals surface area contributed by atoms with Gasteiger partial charge >= 0.3 is 5.97 Å². The molecule has 0 unspecified atom stereocenters. The van der Waals surface area contributed by atoms with Crippen LogP contribution in [0.4, 0.5) is 0 Å². The van der Waals surface area contributed by atoms with Crippen molar-refractivity contribution in [3.05, 3.63) is 53.5 Å². The Balaban J connectivity index is 2.03. The van der Waals surface area contributed by atoms with Crippen LogP contribution in [0.15, 0.2) is 40.8 Å². The van der Waals surface area contributed by atoms with Gasteiger partial charge in [-0.05, 0) is 32.0 Å². The van der Waals surface area contributed by atoms with Crippen molar-refractivity contribution < 1.29 is 23.8 Å². The van der Waals surface area contributed by atoms with Crippen LogP contribution < -0.4 is 10.1 Å². The molecule has 0 spiro atoms. The maximum absolute atomic E-state index is 11.9. The van der Waals surface area contributed by atoms with Crippen molar-refractivity contribution in [2.75, 3.05) is 0 Å². The molecule has 1 aromatic heterocycles. The number of furan rings is 1. The smallest absolute Gasteiger partial charge is 0.371 e. The minimum absolute atomic E-state index is 0.0278. The van der Waals surface area contributed by atoms with E-state index in [4.69, 9.17) is 14.3 Å². The average molecular weight is 303 g/mol. The number of hydrogen-bond donors (Lipinski definition) is 2. The van der Waals surface area contributed by atoms with E-state index < -0.39 is 11.9 Å². The third-order valence-electron chi connectivity index (χ3n) is 2.82. The Bertz CT molecular complexity index is 675. The maximum Gasteiger partial charge on any atom is 0.371 e. The van der Waals surface area contributed by atoms with Gasteiger partial charge < -0.3 is 19.6 Å². The number of amides is 1. The molecular weight excluding hydrogens is 286 g/mol. The molecule has 2 aromatic rings. The van der Waals surface area contributed by atoms with Gasteiger partial charge in [0.25, 0.3) is 5.91 Å². The van der Waals surface area contributed by atoms with E-state index in [0.29, 0.717) is 5.75 Å². The fraction of sp³-hybridized carbons (Fsp3) is 0.250. The highest BCUT2D eigenvalue weighted by Gasteiger charge is 2.15. The number of carboxylic acid groups (broad SMARTS) is 1. The molecule has 0 aliphatic carbocycles. The normalized spacial score (nSPS) is 10.5. The summed E-state index contributed by atoms with van der Waals surface area (Å²) in [5, 5.41) is 11.4. The lowest BCUT2D eigenvalue weighted by Gasteiger charge is -2.14. The van der Waals surface area contributed by atoms with E-state index >= 15 is 0 Å². The molecule has 0 bridgehead atoms. The monoisotopic (exact) mass is 303 g/mol. The van der Waals surface area contributed by atoms with Gasteiger partial charge in [0.15, 0.2) is 5.76 Å². The SMILES string of the molecule is CC(C)Oc1ccccc1CNC(=O)c1ccc(C(=O)O)o1. The number of carbonyl (C=O) groups is 2. The second-order valence-electron chi connectivity index (χ2n) is 4.93. The second kappa shape index (κ2) is 6.80. The Morgan fingerprint density at radius 2 is 1.86 bits per heavy atom. The molecule has 0 aliphatic rings. The molecule has 22 heavy (non-hydrogen) atoms. The third-order valence-corrected chi connectivity index (χ3v) is 2.82. The van der Waals surface area contributed by atoms with Crippen LogP contribution in [0, 0.1) is 0 Å². The minimum Gasteiger partial charge on any atom is -0.491 e. The predicted octanol–water partition coefficient (Wildman–Crippen LogP) is 2.70. The zero-order valence-electron chi connectivity index (χ0n) is 12.3. The summed E-state index contributed by atoms with van der Waals surface area (Å²) in [5.74, 6) is -1.31. The van der Waals surface area contributed by atoms with Crippen molar-refractivity contribution in [1.82, 2.24) is 5.32 Å². The van der Waals surface area contributed by atoms with E-state index in [1.165, 1.54) is 12.1 Å². The van der Waals surface area contributed by atoms with E-state index in [0.717, 1.165) is 5.56 Å². The van der Waals surface area contributed by atoms with E-state index in [1.807, 2.05) is 38.1 Å². The topological polar surface area (TPSA) is 88.8 Å². The van der Waals surface area contributed by atoms with Crippen LogP contribution in [0.1, 0.15) is 40.5 Å². The largest absolute Gasteiger partial charge is 0.491 e. The Morgan fingerprint density at radius 3 is 2.50 bits per heavy atom. The molecule has 0 atom stereocenters. The van der Waals surface area contributed by atoms with E-state index in [2.05, 4.69) is 5.32 Å². The van der Waals surface area contributed by atoms with Gasteiger partial charge in [-0.15, -0.1) is 0 Å². The first-order valence-electron chi connectivity index (χ1n) is 6.83. The van der Waals surface area contributed by atoms with E-state index in [1.54, 1.807) is 0 Å². The number of rotatable bonds is 6. The Labute approximate surface area is 127 Å². The number of hydrogen-bond acceptors (Lipinski definition) is 4. The van der Waals surface area contributed by atoms with Crippen molar-refractivity contribution in [1.29, 1.82) is 0 Å². The van der Waals surface area contributed by atoms with Crippen molar-refractivity contribution >= 4 is 11.9 Å². The average Bonchev–Trinajstić information content (AvgIpc) is 2.95. The van der Waals surface area contributed by atoms with Gasteiger partial charge in [-0.3, -0.25) is 4.79 Å². The lowest BCUT2D eigenvalue weighted by atomic mass is 10.2. The Morgan fingerprint density at radius 1 is 1.18 bits per heavy atom. The van der Waals surface area contributed by atoms with Crippen LogP contribution >= 0.6 is 0 Å². The summed E-state index contributed by atoms with van der Waals surface area (Å²) in [5.41, 5.74) is 0.828. The first-order valence-corrected chi connectivity index (χ1v) is 6.83. The quantitative estimate of drug-likeness (QED) is 0.856. The third kappa shape index (κ3) is 3.88. The predicted molar refractivity (Wildman–Crippen MR) is 79.0 cm³/mol. The molecular formula is C16H17NO5. The number of para-hydroxylation sites is 1. The van der Waals surface area contributed by atoms with Gasteiger partial charge in [0.2, 0.25) is 5.76 Å². The van der Waals surface area contributed by atoms with Gasteiger partial charge in [-0.25, -0.2) is 4.79 Å². The molecule has 0 radical (unpaired) electrons. The zero-order chi connectivity index (χ0) is 16.1. The van der Waals surface area contributed by atoms with Crippen molar-refractivity contribution in [2.45, 2.75) is 26.5 Å². The Kier molecular flexibility index (Phi) is 4.83. The molecule has 1 heterocycles. The number of carbonyl (C=O) groups excluding carboxylic acids is 1. The summed E-state index contributed by atoms with van der Waals surface area (Å²) >= 11 is 0. The number of carboxylic acids is 1. The van der Waals surface area contributed by atoms with Crippen LogP contribution in [0.5, 0.6) is 5.75 Å². The summed E-state index contributed by atoms with van der Waals surface area (Å²) in [7, 11) is 0. The maximum atomic E-state index is 11.9. The number of aromatic carboxylic acids is 1. The number of ether oxygens (including phenoxy) is 1. The number of benzene rings is 1. The lowest BCUT2D eigenvalue weighted by molar-refractivity contribution is 0.0659. The lowest BCUT2D eigenvalue weighted by Crippen LogP contribution is -2.23. The van der Waals surface area contributed by atoms with Crippen molar-refractivity contribution in [2.24, 2.45) is 0 Å². The van der Waals surface area contributed by atoms with Crippen LogP contribution in [-0.2, 0) is 6.54 Å². The summed E-state index contributed by atoms with van der Waals surface area (Å²) in [6.07, 6.45) is 0.0278. The summed E-state index contributed by atoms with van der Waals surface area (Å²) in [6.45, 7) is 4.10. The fourth-order valence-electron chi connectivity index (χ4n) is 1.86. The van der Waals surface area contributed by atoms with Gasteiger partial charge in [-0.2, -0.15) is 0 Å². The molecule has 0 aliphatic heterocycles.